The molecular formula is C14H14FN3S. The molecule has 0 saturated heterocycles. The summed E-state index contributed by atoms with van der Waals surface area (Å²) in [5, 5.41) is 0. The van der Waals surface area contributed by atoms with Crippen LogP contribution in [0.15, 0.2) is 24.3 Å². The van der Waals surface area contributed by atoms with Crippen molar-refractivity contribution >= 4 is 22.1 Å². The molecule has 0 radical (unpaired) electrons. The van der Waals surface area contributed by atoms with E-state index < -0.39 is 0 Å². The van der Waals surface area contributed by atoms with E-state index in [9.17, 15) is 4.39 Å². The largest absolute Gasteiger partial charge is 0.383 e. The molecule has 0 aliphatic carbocycles. The first-order chi connectivity index (χ1) is 9.11. The minimum atomic E-state index is -0.256. The van der Waals surface area contributed by atoms with Crippen LogP contribution in [0.4, 0.5) is 10.2 Å². The molecule has 19 heavy (non-hydrogen) atoms. The molecule has 0 aliphatic rings. The van der Waals surface area contributed by atoms with Gasteiger partial charge in [-0.2, -0.15) is 0 Å². The maximum atomic E-state index is 13.0. The van der Waals surface area contributed by atoms with Gasteiger partial charge in [-0.25, -0.2) is 9.37 Å². The third-order valence-corrected chi connectivity index (χ3v) is 4.25. The Bertz CT molecular complexity index is 740. The third-order valence-electron chi connectivity index (χ3n) is 3.26. The molecule has 3 rings (SSSR count). The summed E-state index contributed by atoms with van der Waals surface area (Å²) in [7, 11) is 0. The summed E-state index contributed by atoms with van der Waals surface area (Å²) in [5.74, 6) is 0.372. The van der Waals surface area contributed by atoms with Crippen molar-refractivity contribution in [2.75, 3.05) is 5.73 Å². The number of imidazole rings is 1. The van der Waals surface area contributed by atoms with E-state index in [-0.39, 0.29) is 5.82 Å². The van der Waals surface area contributed by atoms with Gasteiger partial charge in [-0.15, -0.1) is 11.3 Å². The number of benzene rings is 1. The van der Waals surface area contributed by atoms with Crippen LogP contribution in [0, 0.1) is 12.7 Å². The first-order valence-corrected chi connectivity index (χ1v) is 6.95. The molecule has 2 N–H and O–H groups in total. The van der Waals surface area contributed by atoms with Crippen LogP contribution in [0.1, 0.15) is 17.5 Å². The van der Waals surface area contributed by atoms with Crippen molar-refractivity contribution in [1.29, 1.82) is 0 Å². The number of aryl methyl sites for hydroxylation is 2. The number of anilines is 1. The van der Waals surface area contributed by atoms with Gasteiger partial charge in [0.2, 0.25) is 0 Å². The Morgan fingerprint density at radius 2 is 2.00 bits per heavy atom. The average Bonchev–Trinajstić information content (AvgIpc) is 2.87. The predicted molar refractivity (Wildman–Crippen MR) is 77.0 cm³/mol. The smallest absolute Gasteiger partial charge is 0.196 e. The molecule has 2 aromatic heterocycles. The van der Waals surface area contributed by atoms with Crippen LogP contribution in [0.5, 0.6) is 0 Å². The maximum absolute atomic E-state index is 13.0. The number of aromatic nitrogens is 2. The summed E-state index contributed by atoms with van der Waals surface area (Å²) in [6, 6.07) is 6.26. The zero-order chi connectivity index (χ0) is 13.6. The second kappa shape index (κ2) is 4.35. The summed E-state index contributed by atoms with van der Waals surface area (Å²) >= 11 is 1.63. The molecule has 5 heteroatoms. The minimum absolute atomic E-state index is 0.256. The second-order valence-electron chi connectivity index (χ2n) is 4.43. The zero-order valence-electron chi connectivity index (χ0n) is 10.8. The molecule has 3 nitrogen and oxygen atoms in total. The Morgan fingerprint density at radius 1 is 1.32 bits per heavy atom. The molecule has 1 aromatic carbocycles. The van der Waals surface area contributed by atoms with Gasteiger partial charge < -0.3 is 5.73 Å². The molecule has 0 fully saturated rings. The number of fused-ring (bicyclic) bond motifs is 1. The fraction of sp³-hybridized carbons (Fsp3) is 0.214. The lowest BCUT2D eigenvalue weighted by molar-refractivity contribution is 0.628. The lowest BCUT2D eigenvalue weighted by Crippen LogP contribution is -1.98. The molecule has 0 amide bonds. The summed E-state index contributed by atoms with van der Waals surface area (Å²) < 4.78 is 15.0. The summed E-state index contributed by atoms with van der Waals surface area (Å²) in [6.07, 6.45) is 0.912. The Morgan fingerprint density at radius 3 is 2.63 bits per heavy atom. The van der Waals surface area contributed by atoms with Gasteiger partial charge in [0.05, 0.1) is 0 Å². The van der Waals surface area contributed by atoms with Gasteiger partial charge in [-0.3, -0.25) is 4.40 Å². The third kappa shape index (κ3) is 1.81. The highest BCUT2D eigenvalue weighted by Crippen LogP contribution is 2.32. The molecule has 0 aliphatic heterocycles. The molecule has 98 valence electrons. The number of hydrogen-bond donors (Lipinski definition) is 1. The topological polar surface area (TPSA) is 43.3 Å². The number of hydrogen-bond acceptors (Lipinski definition) is 3. The van der Waals surface area contributed by atoms with Gasteiger partial charge in [0, 0.05) is 16.1 Å². The zero-order valence-corrected chi connectivity index (χ0v) is 11.6. The van der Waals surface area contributed by atoms with Crippen molar-refractivity contribution in [3.8, 4) is 11.3 Å². The van der Waals surface area contributed by atoms with Gasteiger partial charge in [0.25, 0.3) is 0 Å². The van der Waals surface area contributed by atoms with Crippen LogP contribution in [-0.4, -0.2) is 9.38 Å². The van der Waals surface area contributed by atoms with Crippen molar-refractivity contribution in [2.45, 2.75) is 20.3 Å². The highest BCUT2D eigenvalue weighted by atomic mass is 32.1. The number of halogens is 1. The second-order valence-corrected chi connectivity index (χ2v) is 5.61. The van der Waals surface area contributed by atoms with Gasteiger partial charge in [0.1, 0.15) is 17.3 Å². The van der Waals surface area contributed by atoms with Gasteiger partial charge in [0.15, 0.2) is 4.96 Å². The Hall–Kier alpha value is -1.88. The molecule has 0 atom stereocenters. The van der Waals surface area contributed by atoms with E-state index in [1.54, 1.807) is 23.5 Å². The Balaban J connectivity index is 2.23. The average molecular weight is 275 g/mol. The number of nitrogens with zero attached hydrogens (tertiary/aromatic N) is 2. The van der Waals surface area contributed by atoms with Crippen molar-refractivity contribution < 1.29 is 4.39 Å². The predicted octanol–water partition coefficient (Wildman–Crippen LogP) is 3.65. The van der Waals surface area contributed by atoms with Crippen molar-refractivity contribution in [3.63, 3.8) is 0 Å². The first-order valence-electron chi connectivity index (χ1n) is 6.14. The lowest BCUT2D eigenvalue weighted by Gasteiger charge is -2.02. The molecule has 3 aromatic rings. The highest BCUT2D eigenvalue weighted by Gasteiger charge is 2.17. The van der Waals surface area contributed by atoms with Crippen LogP contribution >= 0.6 is 11.3 Å². The van der Waals surface area contributed by atoms with Gasteiger partial charge in [-0.05, 0) is 37.6 Å². The van der Waals surface area contributed by atoms with Crippen LogP contribution in [-0.2, 0) is 6.42 Å². The molecule has 2 heterocycles. The van der Waals surface area contributed by atoms with Crippen molar-refractivity contribution in [2.24, 2.45) is 0 Å². The number of thiazole rings is 1. The molecular weight excluding hydrogens is 261 g/mol. The van der Waals surface area contributed by atoms with Crippen LogP contribution in [0.3, 0.4) is 0 Å². The summed E-state index contributed by atoms with van der Waals surface area (Å²) in [5.41, 5.74) is 8.97. The van der Waals surface area contributed by atoms with E-state index in [1.165, 1.54) is 22.7 Å². The maximum Gasteiger partial charge on any atom is 0.196 e. The normalized spacial score (nSPS) is 11.3. The van der Waals surface area contributed by atoms with E-state index in [0.29, 0.717) is 5.82 Å². The number of nitrogen functional groups attached to an aromatic ring is 1. The minimum Gasteiger partial charge on any atom is -0.383 e. The lowest BCUT2D eigenvalue weighted by atomic mass is 10.1. The van der Waals surface area contributed by atoms with Gasteiger partial charge >= 0.3 is 0 Å². The van der Waals surface area contributed by atoms with Crippen molar-refractivity contribution in [3.05, 3.63) is 40.7 Å². The molecule has 0 saturated carbocycles. The monoisotopic (exact) mass is 275 g/mol. The summed E-state index contributed by atoms with van der Waals surface area (Å²) in [4.78, 5) is 6.71. The quantitative estimate of drug-likeness (QED) is 0.775. The van der Waals surface area contributed by atoms with E-state index in [1.807, 2.05) is 4.40 Å². The highest BCUT2D eigenvalue weighted by molar-refractivity contribution is 7.17. The molecule has 0 bridgehead atoms. The van der Waals surface area contributed by atoms with Crippen LogP contribution < -0.4 is 5.73 Å². The van der Waals surface area contributed by atoms with Gasteiger partial charge in [-0.1, -0.05) is 6.92 Å². The van der Waals surface area contributed by atoms with E-state index in [0.717, 1.165) is 22.6 Å². The fourth-order valence-corrected chi connectivity index (χ4v) is 3.39. The van der Waals surface area contributed by atoms with Crippen LogP contribution in [0.25, 0.3) is 16.2 Å². The van der Waals surface area contributed by atoms with E-state index in [2.05, 4.69) is 18.8 Å². The van der Waals surface area contributed by atoms with Crippen molar-refractivity contribution in [1.82, 2.24) is 9.38 Å². The Kier molecular flexibility index (Phi) is 2.78. The molecule has 0 unspecified atom stereocenters. The Labute approximate surface area is 114 Å². The number of nitrogens with two attached hydrogens (primary N) is 1. The molecule has 0 spiro atoms. The standard InChI is InChI=1S/C14H14FN3S/c1-3-11-8(2)19-14-17-12(13(16)18(11)14)9-4-6-10(15)7-5-9/h4-7H,3,16H2,1-2H3. The summed E-state index contributed by atoms with van der Waals surface area (Å²) in [6.45, 7) is 4.18. The fourth-order valence-electron chi connectivity index (χ4n) is 2.32. The number of rotatable bonds is 2. The van der Waals surface area contributed by atoms with E-state index in [4.69, 9.17) is 5.73 Å². The van der Waals surface area contributed by atoms with Crippen LogP contribution in [0.2, 0.25) is 0 Å². The van der Waals surface area contributed by atoms with E-state index >= 15 is 0 Å². The SMILES string of the molecule is CCc1c(C)sc2nc(-c3ccc(F)cc3)c(N)n12. The first kappa shape index (κ1) is 12.2.